The van der Waals surface area contributed by atoms with Gasteiger partial charge in [-0.25, -0.2) is 14.8 Å². The highest BCUT2D eigenvalue weighted by Gasteiger charge is 2.39. The number of para-hydroxylation sites is 2. The summed E-state index contributed by atoms with van der Waals surface area (Å²) in [6, 6.07) is 6.83. The molecule has 1 aromatic carbocycles. The molecule has 8 nitrogen and oxygen atoms in total. The number of benzene rings is 1. The van der Waals surface area contributed by atoms with Crippen LogP contribution in [0.5, 0.6) is 0 Å². The predicted octanol–water partition coefficient (Wildman–Crippen LogP) is 1.97. The standard InChI is InChI=1S/C16H12F3N5O3/c1-27-15(26)7-6-21-13(24-11(7)16(17,18)19)10(12(20)25)14-22-8-4-2-3-5-9(8)23-14/h2-6,22-23H,1H3,(H2,20,25). The fourth-order valence-electron chi connectivity index (χ4n) is 2.45. The van der Waals surface area contributed by atoms with Crippen LogP contribution in [0.15, 0.2) is 36.3 Å². The molecule has 0 bridgehead atoms. The van der Waals surface area contributed by atoms with Gasteiger partial charge in [-0.3, -0.25) is 4.79 Å². The van der Waals surface area contributed by atoms with Crippen LogP contribution in [0.3, 0.4) is 0 Å². The summed E-state index contributed by atoms with van der Waals surface area (Å²) in [5, 5.41) is 5.67. The molecule has 11 heteroatoms. The first-order chi connectivity index (χ1) is 12.7. The molecule has 1 aromatic heterocycles. The van der Waals surface area contributed by atoms with E-state index in [1.54, 1.807) is 24.3 Å². The predicted molar refractivity (Wildman–Crippen MR) is 88.2 cm³/mol. The van der Waals surface area contributed by atoms with E-state index in [9.17, 15) is 22.8 Å². The van der Waals surface area contributed by atoms with Crippen LogP contribution in [-0.4, -0.2) is 29.0 Å². The number of esters is 1. The van der Waals surface area contributed by atoms with Crippen LogP contribution < -0.4 is 16.4 Å². The molecule has 1 aliphatic rings. The third-order valence-corrected chi connectivity index (χ3v) is 3.63. The van der Waals surface area contributed by atoms with Gasteiger partial charge in [-0.1, -0.05) is 12.1 Å². The smallest absolute Gasteiger partial charge is 0.434 e. The van der Waals surface area contributed by atoms with Gasteiger partial charge in [0.25, 0.3) is 5.91 Å². The Balaban J connectivity index is 2.15. The summed E-state index contributed by atoms with van der Waals surface area (Å²) in [7, 11) is 0.927. The molecule has 0 fully saturated rings. The molecule has 0 saturated heterocycles. The lowest BCUT2D eigenvalue weighted by molar-refractivity contribution is -0.141. The molecular weight excluding hydrogens is 367 g/mol. The first-order valence-electron chi connectivity index (χ1n) is 7.42. The van der Waals surface area contributed by atoms with Gasteiger partial charge < -0.3 is 21.1 Å². The number of methoxy groups -OCH3 is 1. The van der Waals surface area contributed by atoms with Crippen molar-refractivity contribution >= 4 is 28.8 Å². The lowest BCUT2D eigenvalue weighted by Crippen LogP contribution is -2.23. The molecule has 1 aliphatic heterocycles. The second kappa shape index (κ2) is 6.59. The van der Waals surface area contributed by atoms with E-state index in [0.717, 1.165) is 7.11 Å². The number of halogens is 3. The molecule has 2 aromatic rings. The zero-order valence-electron chi connectivity index (χ0n) is 13.7. The number of hydrogen-bond acceptors (Lipinski definition) is 7. The summed E-state index contributed by atoms with van der Waals surface area (Å²) >= 11 is 0. The fraction of sp³-hybridized carbons (Fsp3) is 0.125. The molecule has 0 aliphatic carbocycles. The normalized spacial score (nSPS) is 12.7. The largest absolute Gasteiger partial charge is 0.465 e. The number of anilines is 2. The van der Waals surface area contributed by atoms with Crippen molar-refractivity contribution in [1.82, 2.24) is 9.97 Å². The molecule has 1 amide bonds. The molecule has 0 spiro atoms. The second-order valence-electron chi connectivity index (χ2n) is 5.36. The van der Waals surface area contributed by atoms with Crippen LogP contribution in [0.2, 0.25) is 0 Å². The van der Waals surface area contributed by atoms with Crippen molar-refractivity contribution in [2.75, 3.05) is 17.7 Å². The van der Waals surface area contributed by atoms with Crippen LogP contribution in [0.1, 0.15) is 21.9 Å². The number of ether oxygens (including phenoxy) is 1. The highest BCUT2D eigenvalue weighted by molar-refractivity contribution is 6.20. The summed E-state index contributed by atoms with van der Waals surface area (Å²) < 4.78 is 44.3. The Morgan fingerprint density at radius 3 is 2.22 bits per heavy atom. The Morgan fingerprint density at radius 1 is 1.15 bits per heavy atom. The molecule has 4 N–H and O–H groups in total. The van der Waals surface area contributed by atoms with Gasteiger partial charge in [0.1, 0.15) is 17.0 Å². The maximum absolute atomic E-state index is 13.3. The van der Waals surface area contributed by atoms with Crippen LogP contribution >= 0.6 is 0 Å². The summed E-state index contributed by atoms with van der Waals surface area (Å²) in [6.07, 6.45) is -4.34. The minimum Gasteiger partial charge on any atom is -0.465 e. The Labute approximate surface area is 150 Å². The molecule has 27 heavy (non-hydrogen) atoms. The second-order valence-corrected chi connectivity index (χ2v) is 5.36. The quantitative estimate of drug-likeness (QED) is 0.551. The van der Waals surface area contributed by atoms with Crippen LogP contribution in [0.25, 0.3) is 5.57 Å². The maximum Gasteiger partial charge on any atom is 0.434 e. The summed E-state index contributed by atoms with van der Waals surface area (Å²) in [5.41, 5.74) is 3.71. The van der Waals surface area contributed by atoms with Gasteiger partial charge in [-0.2, -0.15) is 13.2 Å². The van der Waals surface area contributed by atoms with E-state index in [4.69, 9.17) is 5.73 Å². The average molecular weight is 379 g/mol. The molecule has 140 valence electrons. The first kappa shape index (κ1) is 18.2. The number of primary amides is 1. The summed E-state index contributed by atoms with van der Waals surface area (Å²) in [6.45, 7) is 0. The van der Waals surface area contributed by atoms with E-state index in [1.165, 1.54) is 0 Å². The number of hydrogen-bond donors (Lipinski definition) is 3. The average Bonchev–Trinajstić information content (AvgIpc) is 3.03. The minimum absolute atomic E-state index is 0.0302. The van der Waals surface area contributed by atoms with Crippen molar-refractivity contribution in [2.24, 2.45) is 5.73 Å². The number of carbonyl (C=O) groups is 2. The van der Waals surface area contributed by atoms with Crippen LogP contribution in [-0.2, 0) is 15.7 Å². The van der Waals surface area contributed by atoms with Crippen molar-refractivity contribution in [3.05, 3.63) is 53.4 Å². The highest BCUT2D eigenvalue weighted by atomic mass is 19.4. The number of alkyl halides is 3. The molecule has 0 radical (unpaired) electrons. The first-order valence-corrected chi connectivity index (χ1v) is 7.42. The monoisotopic (exact) mass is 379 g/mol. The third-order valence-electron chi connectivity index (χ3n) is 3.63. The molecule has 0 saturated carbocycles. The Hall–Kier alpha value is -3.63. The van der Waals surface area contributed by atoms with Crippen LogP contribution in [0, 0.1) is 0 Å². The summed E-state index contributed by atoms with van der Waals surface area (Å²) in [5.74, 6) is -2.88. The van der Waals surface area contributed by atoms with Crippen molar-refractivity contribution in [2.45, 2.75) is 6.18 Å². The molecule has 0 atom stereocenters. The zero-order valence-corrected chi connectivity index (χ0v) is 13.7. The lowest BCUT2D eigenvalue weighted by atomic mass is 10.1. The Kier molecular flexibility index (Phi) is 4.44. The van der Waals surface area contributed by atoms with E-state index in [0.29, 0.717) is 17.6 Å². The van der Waals surface area contributed by atoms with Crippen molar-refractivity contribution in [3.63, 3.8) is 0 Å². The number of amides is 1. The Bertz CT molecular complexity index is 945. The van der Waals surface area contributed by atoms with E-state index in [-0.39, 0.29) is 5.82 Å². The fourth-order valence-corrected chi connectivity index (χ4v) is 2.45. The van der Waals surface area contributed by atoms with Crippen molar-refractivity contribution in [3.8, 4) is 0 Å². The van der Waals surface area contributed by atoms with Crippen LogP contribution in [0.4, 0.5) is 24.5 Å². The highest BCUT2D eigenvalue weighted by Crippen LogP contribution is 2.34. The molecular formula is C16H12F3N5O3. The van der Waals surface area contributed by atoms with Gasteiger partial charge in [0.05, 0.1) is 18.5 Å². The van der Waals surface area contributed by atoms with Gasteiger partial charge in [-0.15, -0.1) is 0 Å². The van der Waals surface area contributed by atoms with E-state index in [2.05, 4.69) is 25.3 Å². The van der Waals surface area contributed by atoms with Crippen molar-refractivity contribution < 1.29 is 27.5 Å². The van der Waals surface area contributed by atoms with Crippen molar-refractivity contribution in [1.29, 1.82) is 0 Å². The molecule has 0 unspecified atom stereocenters. The number of aromatic nitrogens is 2. The molecule has 2 heterocycles. The number of nitrogens with zero attached hydrogens (tertiary/aromatic N) is 2. The number of nitrogens with one attached hydrogen (secondary N) is 2. The zero-order chi connectivity index (χ0) is 19.8. The number of carbonyl (C=O) groups excluding carboxylic acids is 2. The SMILES string of the molecule is COC(=O)c1cnc(C(C(N)=O)=C2Nc3ccccc3N2)nc1C(F)(F)F. The van der Waals surface area contributed by atoms with Gasteiger partial charge in [0, 0.05) is 6.20 Å². The van der Waals surface area contributed by atoms with E-state index in [1.807, 2.05) is 0 Å². The lowest BCUT2D eigenvalue weighted by Gasteiger charge is -2.13. The topological polar surface area (TPSA) is 119 Å². The molecule has 3 rings (SSSR count). The van der Waals surface area contributed by atoms with E-state index < -0.39 is 40.7 Å². The number of fused-ring (bicyclic) bond motifs is 1. The summed E-state index contributed by atoms with van der Waals surface area (Å²) in [4.78, 5) is 30.5. The van der Waals surface area contributed by atoms with Gasteiger partial charge >= 0.3 is 12.1 Å². The maximum atomic E-state index is 13.3. The van der Waals surface area contributed by atoms with E-state index >= 15 is 0 Å². The Morgan fingerprint density at radius 2 is 1.74 bits per heavy atom. The van der Waals surface area contributed by atoms with Gasteiger partial charge in [0.15, 0.2) is 11.5 Å². The van der Waals surface area contributed by atoms with Gasteiger partial charge in [-0.05, 0) is 12.1 Å². The third kappa shape index (κ3) is 3.38. The number of rotatable bonds is 3. The number of nitrogens with two attached hydrogens (primary N) is 1. The van der Waals surface area contributed by atoms with Gasteiger partial charge in [0.2, 0.25) is 0 Å². The minimum atomic E-state index is -4.98.